The zero-order valence-corrected chi connectivity index (χ0v) is 17.3. The van der Waals surface area contributed by atoms with E-state index in [1.807, 2.05) is 0 Å². The van der Waals surface area contributed by atoms with Crippen molar-refractivity contribution in [2.45, 2.75) is 46.3 Å². The second kappa shape index (κ2) is 8.05. The van der Waals surface area contributed by atoms with Gasteiger partial charge in [0.1, 0.15) is 11.9 Å². The summed E-state index contributed by atoms with van der Waals surface area (Å²) in [5.74, 6) is -1.72. The predicted octanol–water partition coefficient (Wildman–Crippen LogP) is 2.85. The van der Waals surface area contributed by atoms with Gasteiger partial charge in [0.25, 0.3) is 11.8 Å². The molecule has 0 saturated heterocycles. The molecule has 1 unspecified atom stereocenters. The number of carbonyl (C=O) groups excluding carboxylic acids is 2. The number of halogens is 1. The van der Waals surface area contributed by atoms with Crippen molar-refractivity contribution < 1.29 is 19.1 Å². The minimum Gasteiger partial charge on any atom is -0.377 e. The summed E-state index contributed by atoms with van der Waals surface area (Å²) in [6.45, 7) is 8.76. The van der Waals surface area contributed by atoms with Gasteiger partial charge < -0.3 is 20.3 Å². The lowest BCUT2D eigenvalue weighted by Crippen LogP contribution is -2.43. The van der Waals surface area contributed by atoms with Crippen LogP contribution in [0.1, 0.15) is 59.7 Å². The van der Waals surface area contributed by atoms with Crippen LogP contribution in [0.2, 0.25) is 0 Å². The lowest BCUT2D eigenvalue weighted by Gasteiger charge is -2.23. The van der Waals surface area contributed by atoms with E-state index in [2.05, 4.69) is 10.6 Å². The van der Waals surface area contributed by atoms with E-state index < -0.39 is 29.3 Å². The Bertz CT molecular complexity index is 1010. The molecule has 7 nitrogen and oxygen atoms in total. The molecule has 2 rings (SSSR count). The summed E-state index contributed by atoms with van der Waals surface area (Å²) >= 11 is 0. The van der Waals surface area contributed by atoms with E-state index >= 15 is 0 Å². The number of anilines is 1. The summed E-state index contributed by atoms with van der Waals surface area (Å²) in [6.07, 6.45) is -1.45. The van der Waals surface area contributed by atoms with Gasteiger partial charge in [0, 0.05) is 24.0 Å². The molecule has 1 aromatic carbocycles. The third-order valence-corrected chi connectivity index (χ3v) is 4.56. The van der Waals surface area contributed by atoms with Crippen LogP contribution in [0.4, 0.5) is 10.1 Å². The molecule has 0 spiro atoms. The highest BCUT2D eigenvalue weighted by Crippen LogP contribution is 2.28. The van der Waals surface area contributed by atoms with Gasteiger partial charge in [-0.1, -0.05) is 0 Å². The van der Waals surface area contributed by atoms with Crippen molar-refractivity contribution in [2.75, 3.05) is 5.32 Å². The minimum atomic E-state index is -1.45. The van der Waals surface area contributed by atoms with Crippen LogP contribution in [0, 0.1) is 31.0 Å². The number of hydrogen-bond acceptors (Lipinski definition) is 4. The molecule has 0 fully saturated rings. The normalized spacial score (nSPS) is 12.2. The number of benzene rings is 1. The molecule has 1 heterocycles. The van der Waals surface area contributed by atoms with Crippen molar-refractivity contribution in [3.05, 3.63) is 52.1 Å². The Morgan fingerprint density at radius 3 is 2.45 bits per heavy atom. The molecule has 0 aliphatic carbocycles. The first-order valence-electron chi connectivity index (χ1n) is 9.04. The number of nitrogens with one attached hydrogen (secondary N) is 2. The van der Waals surface area contributed by atoms with Gasteiger partial charge in [-0.2, -0.15) is 5.26 Å². The molecule has 0 radical (unpaired) electrons. The first-order chi connectivity index (χ1) is 13.4. The Morgan fingerprint density at radius 1 is 1.28 bits per heavy atom. The van der Waals surface area contributed by atoms with Gasteiger partial charge in [0.15, 0.2) is 6.10 Å². The van der Waals surface area contributed by atoms with E-state index in [1.165, 1.54) is 12.1 Å². The summed E-state index contributed by atoms with van der Waals surface area (Å²) < 4.78 is 15.1. The molecule has 3 N–H and O–H groups in total. The lowest BCUT2D eigenvalue weighted by atomic mass is 10.0. The predicted molar refractivity (Wildman–Crippen MR) is 107 cm³/mol. The largest absolute Gasteiger partial charge is 0.377 e. The number of aliphatic hydroxyl groups excluding tert-OH is 1. The standard InChI is InChI=1S/C21H25FN4O3/c1-11-16(19(28)24-14-7-8-15(22)13(9-14)10-23)12(2)26(6)17(11)18(27)20(29)25-21(3,4)5/h7-9,18,27H,1-6H3,(H,24,28)(H,25,29). The fraction of sp³-hybridized carbons (Fsp3) is 0.381. The van der Waals surface area contributed by atoms with Crippen molar-refractivity contribution in [2.24, 2.45) is 7.05 Å². The van der Waals surface area contributed by atoms with Crippen LogP contribution in [-0.2, 0) is 11.8 Å². The Kier molecular flexibility index (Phi) is 6.14. The third-order valence-electron chi connectivity index (χ3n) is 4.56. The van der Waals surface area contributed by atoms with Crippen molar-refractivity contribution in [1.29, 1.82) is 5.26 Å². The number of amides is 2. The van der Waals surface area contributed by atoms with Crippen LogP contribution < -0.4 is 10.6 Å². The van der Waals surface area contributed by atoms with E-state index in [9.17, 15) is 19.1 Å². The van der Waals surface area contributed by atoms with Crippen LogP contribution in [0.5, 0.6) is 0 Å². The maximum Gasteiger partial charge on any atom is 0.257 e. The number of nitriles is 1. The molecule has 1 atom stereocenters. The Hall–Kier alpha value is -3.18. The van der Waals surface area contributed by atoms with Gasteiger partial charge in [-0.25, -0.2) is 4.39 Å². The second-order valence-electron chi connectivity index (χ2n) is 7.93. The molecule has 2 aromatic rings. The van der Waals surface area contributed by atoms with E-state index in [4.69, 9.17) is 5.26 Å². The Labute approximate surface area is 169 Å². The topological polar surface area (TPSA) is 107 Å². The number of aromatic nitrogens is 1. The van der Waals surface area contributed by atoms with Crippen LogP contribution in [0.25, 0.3) is 0 Å². The average molecular weight is 400 g/mol. The maximum atomic E-state index is 13.5. The summed E-state index contributed by atoms with van der Waals surface area (Å²) in [5, 5.41) is 24.9. The van der Waals surface area contributed by atoms with Crippen LogP contribution in [0.3, 0.4) is 0 Å². The molecule has 2 amide bonds. The monoisotopic (exact) mass is 400 g/mol. The second-order valence-corrected chi connectivity index (χ2v) is 7.93. The van der Waals surface area contributed by atoms with Crippen LogP contribution in [-0.4, -0.2) is 27.0 Å². The van der Waals surface area contributed by atoms with Gasteiger partial charge in [-0.15, -0.1) is 0 Å². The first-order valence-corrected chi connectivity index (χ1v) is 9.04. The Morgan fingerprint density at radius 2 is 1.90 bits per heavy atom. The van der Waals surface area contributed by atoms with Crippen molar-refractivity contribution >= 4 is 17.5 Å². The first kappa shape index (κ1) is 22.1. The van der Waals surface area contributed by atoms with Crippen LogP contribution in [0.15, 0.2) is 18.2 Å². The Balaban J connectivity index is 2.38. The van der Waals surface area contributed by atoms with E-state index in [0.717, 1.165) is 6.07 Å². The molecule has 1 aromatic heterocycles. The molecule has 0 aliphatic rings. The minimum absolute atomic E-state index is 0.181. The number of nitrogens with zero attached hydrogens (tertiary/aromatic N) is 2. The summed E-state index contributed by atoms with van der Waals surface area (Å²) in [5.41, 5.74) is 1.19. The highest BCUT2D eigenvalue weighted by atomic mass is 19.1. The lowest BCUT2D eigenvalue weighted by molar-refractivity contribution is -0.131. The van der Waals surface area contributed by atoms with Gasteiger partial charge in [0.05, 0.1) is 16.8 Å². The van der Waals surface area contributed by atoms with Crippen molar-refractivity contribution in [1.82, 2.24) is 9.88 Å². The SMILES string of the molecule is Cc1c(C(=O)Nc2ccc(F)c(C#N)c2)c(C)n(C)c1C(O)C(=O)NC(C)(C)C. The highest BCUT2D eigenvalue weighted by Gasteiger charge is 2.30. The smallest absolute Gasteiger partial charge is 0.257 e. The highest BCUT2D eigenvalue weighted by molar-refractivity contribution is 6.06. The van der Waals surface area contributed by atoms with E-state index in [0.29, 0.717) is 22.5 Å². The molecule has 154 valence electrons. The molecule has 8 heteroatoms. The van der Waals surface area contributed by atoms with E-state index in [1.54, 1.807) is 52.3 Å². The van der Waals surface area contributed by atoms with Gasteiger partial charge >= 0.3 is 0 Å². The summed E-state index contributed by atoms with van der Waals surface area (Å²) in [6, 6.07) is 5.42. The molecule has 0 bridgehead atoms. The summed E-state index contributed by atoms with van der Waals surface area (Å²) in [7, 11) is 1.66. The number of rotatable bonds is 4. The zero-order valence-electron chi connectivity index (χ0n) is 17.3. The molecule has 0 aliphatic heterocycles. The third kappa shape index (κ3) is 4.63. The van der Waals surface area contributed by atoms with Gasteiger partial charge in [-0.05, 0) is 58.4 Å². The van der Waals surface area contributed by atoms with E-state index in [-0.39, 0.29) is 11.3 Å². The quantitative estimate of drug-likeness (QED) is 0.733. The molecular formula is C21H25FN4O3. The maximum absolute atomic E-state index is 13.5. The van der Waals surface area contributed by atoms with Crippen LogP contribution >= 0.6 is 0 Å². The van der Waals surface area contributed by atoms with Crippen molar-refractivity contribution in [3.63, 3.8) is 0 Å². The molecule has 29 heavy (non-hydrogen) atoms. The van der Waals surface area contributed by atoms with Gasteiger partial charge in [0.2, 0.25) is 0 Å². The molecular weight excluding hydrogens is 375 g/mol. The van der Waals surface area contributed by atoms with Gasteiger partial charge in [-0.3, -0.25) is 9.59 Å². The fourth-order valence-corrected chi connectivity index (χ4v) is 3.17. The number of aliphatic hydroxyl groups is 1. The zero-order chi connectivity index (χ0) is 22.1. The number of carbonyl (C=O) groups is 2. The van der Waals surface area contributed by atoms with Crippen molar-refractivity contribution in [3.8, 4) is 6.07 Å². The average Bonchev–Trinajstić information content (AvgIpc) is 2.83. The number of hydrogen-bond donors (Lipinski definition) is 3. The fourth-order valence-electron chi connectivity index (χ4n) is 3.17. The summed E-state index contributed by atoms with van der Waals surface area (Å²) in [4.78, 5) is 25.3. The molecule has 0 saturated carbocycles.